The fourth-order valence-electron chi connectivity index (χ4n) is 1.94. The summed E-state index contributed by atoms with van der Waals surface area (Å²) in [5, 5.41) is 3.42. The molecule has 0 bridgehead atoms. The molecule has 1 saturated carbocycles. The van der Waals surface area contributed by atoms with Gasteiger partial charge in [-0.3, -0.25) is 0 Å². The first kappa shape index (κ1) is 12.4. The Morgan fingerprint density at radius 1 is 1.35 bits per heavy atom. The van der Waals surface area contributed by atoms with Crippen LogP contribution in [0.1, 0.15) is 38.7 Å². The Labute approximate surface area is 104 Å². The van der Waals surface area contributed by atoms with Crippen molar-refractivity contribution < 1.29 is 4.74 Å². The molecule has 2 heteroatoms. The fourth-order valence-corrected chi connectivity index (χ4v) is 1.94. The highest BCUT2D eigenvalue weighted by molar-refractivity contribution is 5.28. The van der Waals surface area contributed by atoms with Crippen LogP contribution in [-0.2, 0) is 6.54 Å². The van der Waals surface area contributed by atoms with Crippen LogP contribution in [0.2, 0.25) is 0 Å². The molecule has 1 aliphatic rings. The van der Waals surface area contributed by atoms with E-state index in [1.165, 1.54) is 24.8 Å². The zero-order chi connectivity index (χ0) is 12.1. The molecule has 0 heterocycles. The standard InChI is InChI=1S/C15H23NO/c1-12(2)16-10-14-7-4-8-15(9-14)17-11-13-5-3-6-13/h4,7-9,12-13,16H,3,5-6,10-11H2,1-2H3. The molecule has 2 nitrogen and oxygen atoms in total. The van der Waals surface area contributed by atoms with Crippen LogP contribution in [0.4, 0.5) is 0 Å². The molecule has 2 rings (SSSR count). The van der Waals surface area contributed by atoms with Crippen molar-refractivity contribution in [3.05, 3.63) is 29.8 Å². The molecule has 0 radical (unpaired) electrons. The summed E-state index contributed by atoms with van der Waals surface area (Å²) in [4.78, 5) is 0. The van der Waals surface area contributed by atoms with Crippen molar-refractivity contribution >= 4 is 0 Å². The second kappa shape index (κ2) is 6.06. The van der Waals surface area contributed by atoms with Gasteiger partial charge >= 0.3 is 0 Å². The van der Waals surface area contributed by atoms with E-state index in [9.17, 15) is 0 Å². The molecule has 0 aliphatic heterocycles. The maximum Gasteiger partial charge on any atom is 0.119 e. The van der Waals surface area contributed by atoms with Gasteiger partial charge in [-0.2, -0.15) is 0 Å². The third-order valence-corrected chi connectivity index (χ3v) is 3.32. The van der Waals surface area contributed by atoms with E-state index in [0.717, 1.165) is 24.8 Å². The van der Waals surface area contributed by atoms with Crippen molar-refractivity contribution in [1.82, 2.24) is 5.32 Å². The summed E-state index contributed by atoms with van der Waals surface area (Å²) >= 11 is 0. The number of hydrogen-bond acceptors (Lipinski definition) is 2. The average molecular weight is 233 g/mol. The largest absolute Gasteiger partial charge is 0.493 e. The zero-order valence-electron chi connectivity index (χ0n) is 10.9. The lowest BCUT2D eigenvalue weighted by Gasteiger charge is -2.25. The first-order chi connectivity index (χ1) is 8.24. The molecule has 1 aromatic carbocycles. The molecule has 1 N–H and O–H groups in total. The van der Waals surface area contributed by atoms with Gasteiger partial charge in [-0.15, -0.1) is 0 Å². The summed E-state index contributed by atoms with van der Waals surface area (Å²) in [6, 6.07) is 8.94. The Bertz CT molecular complexity index is 345. The van der Waals surface area contributed by atoms with Crippen LogP contribution < -0.4 is 10.1 Å². The van der Waals surface area contributed by atoms with Crippen molar-refractivity contribution in [3.8, 4) is 5.75 Å². The predicted octanol–water partition coefficient (Wildman–Crippen LogP) is 3.36. The number of rotatable bonds is 6. The zero-order valence-corrected chi connectivity index (χ0v) is 10.9. The first-order valence-corrected chi connectivity index (χ1v) is 6.69. The predicted molar refractivity (Wildman–Crippen MR) is 71.3 cm³/mol. The smallest absolute Gasteiger partial charge is 0.119 e. The maximum absolute atomic E-state index is 5.83. The molecule has 17 heavy (non-hydrogen) atoms. The Morgan fingerprint density at radius 3 is 2.82 bits per heavy atom. The van der Waals surface area contributed by atoms with Gasteiger partial charge in [-0.1, -0.05) is 32.4 Å². The highest BCUT2D eigenvalue weighted by Gasteiger charge is 2.17. The maximum atomic E-state index is 5.83. The fraction of sp³-hybridized carbons (Fsp3) is 0.600. The number of ether oxygens (including phenoxy) is 1. The summed E-state index contributed by atoms with van der Waals surface area (Å²) in [5.74, 6) is 1.81. The van der Waals surface area contributed by atoms with Crippen LogP contribution in [0.3, 0.4) is 0 Å². The molecule has 1 aromatic rings. The molecule has 1 aliphatic carbocycles. The van der Waals surface area contributed by atoms with Crippen LogP contribution in [0, 0.1) is 5.92 Å². The number of benzene rings is 1. The van der Waals surface area contributed by atoms with Gasteiger partial charge in [0, 0.05) is 12.6 Å². The summed E-state index contributed by atoms with van der Waals surface area (Å²) in [7, 11) is 0. The van der Waals surface area contributed by atoms with E-state index in [1.54, 1.807) is 0 Å². The first-order valence-electron chi connectivity index (χ1n) is 6.69. The molecule has 94 valence electrons. The number of hydrogen-bond donors (Lipinski definition) is 1. The highest BCUT2D eigenvalue weighted by atomic mass is 16.5. The molecule has 1 fully saturated rings. The normalized spacial score (nSPS) is 15.9. The number of nitrogens with one attached hydrogen (secondary N) is 1. The monoisotopic (exact) mass is 233 g/mol. The van der Waals surface area contributed by atoms with E-state index in [4.69, 9.17) is 4.74 Å². The highest BCUT2D eigenvalue weighted by Crippen LogP contribution is 2.27. The van der Waals surface area contributed by atoms with E-state index in [1.807, 2.05) is 0 Å². The quantitative estimate of drug-likeness (QED) is 0.813. The summed E-state index contributed by atoms with van der Waals surface area (Å²) < 4.78 is 5.83. The van der Waals surface area contributed by atoms with Crippen molar-refractivity contribution in [2.24, 2.45) is 5.92 Å². The lowest BCUT2D eigenvalue weighted by molar-refractivity contribution is 0.180. The molecule has 0 unspecified atom stereocenters. The summed E-state index contributed by atoms with van der Waals surface area (Å²) in [6.45, 7) is 6.13. The molecule has 0 amide bonds. The minimum absolute atomic E-state index is 0.523. The molecule has 0 aromatic heterocycles. The van der Waals surface area contributed by atoms with Gasteiger partial charge in [0.2, 0.25) is 0 Å². The Hall–Kier alpha value is -1.02. The van der Waals surface area contributed by atoms with Gasteiger partial charge in [0.1, 0.15) is 5.75 Å². The molecular formula is C15H23NO. The topological polar surface area (TPSA) is 21.3 Å². The van der Waals surface area contributed by atoms with Gasteiger partial charge < -0.3 is 10.1 Å². The van der Waals surface area contributed by atoms with Gasteiger partial charge in [-0.05, 0) is 36.5 Å². The lowest BCUT2D eigenvalue weighted by Crippen LogP contribution is -2.22. The van der Waals surface area contributed by atoms with Crippen LogP contribution in [-0.4, -0.2) is 12.6 Å². The summed E-state index contributed by atoms with van der Waals surface area (Å²) in [6.07, 6.45) is 4.07. The van der Waals surface area contributed by atoms with E-state index in [0.29, 0.717) is 6.04 Å². The van der Waals surface area contributed by atoms with Crippen LogP contribution in [0.25, 0.3) is 0 Å². The van der Waals surface area contributed by atoms with Crippen molar-refractivity contribution in [2.45, 2.75) is 45.7 Å². The van der Waals surface area contributed by atoms with E-state index in [2.05, 4.69) is 43.4 Å². The lowest BCUT2D eigenvalue weighted by atomic mass is 9.86. The van der Waals surface area contributed by atoms with E-state index in [-0.39, 0.29) is 0 Å². The van der Waals surface area contributed by atoms with E-state index >= 15 is 0 Å². The second-order valence-electron chi connectivity index (χ2n) is 5.29. The van der Waals surface area contributed by atoms with Gasteiger partial charge in [0.25, 0.3) is 0 Å². The van der Waals surface area contributed by atoms with Gasteiger partial charge in [0.15, 0.2) is 0 Å². The minimum Gasteiger partial charge on any atom is -0.493 e. The Morgan fingerprint density at radius 2 is 2.18 bits per heavy atom. The van der Waals surface area contributed by atoms with Crippen molar-refractivity contribution in [3.63, 3.8) is 0 Å². The molecule has 0 spiro atoms. The van der Waals surface area contributed by atoms with Crippen molar-refractivity contribution in [2.75, 3.05) is 6.61 Å². The van der Waals surface area contributed by atoms with Crippen LogP contribution in [0.15, 0.2) is 24.3 Å². The minimum atomic E-state index is 0.523. The second-order valence-corrected chi connectivity index (χ2v) is 5.29. The molecule has 0 atom stereocenters. The third kappa shape index (κ3) is 4.04. The summed E-state index contributed by atoms with van der Waals surface area (Å²) in [5.41, 5.74) is 1.30. The van der Waals surface area contributed by atoms with Crippen molar-refractivity contribution in [1.29, 1.82) is 0 Å². The van der Waals surface area contributed by atoms with E-state index < -0.39 is 0 Å². The van der Waals surface area contributed by atoms with Crippen LogP contribution in [0.5, 0.6) is 5.75 Å². The molecule has 0 saturated heterocycles. The molecular weight excluding hydrogens is 210 g/mol. The van der Waals surface area contributed by atoms with Crippen LogP contribution >= 0.6 is 0 Å². The average Bonchev–Trinajstić information content (AvgIpc) is 2.25. The third-order valence-electron chi connectivity index (χ3n) is 3.32. The van der Waals surface area contributed by atoms with Gasteiger partial charge in [0.05, 0.1) is 6.61 Å². The Balaban J connectivity index is 1.82. The Kier molecular flexibility index (Phi) is 4.43. The SMILES string of the molecule is CC(C)NCc1cccc(OCC2CCC2)c1. The van der Waals surface area contributed by atoms with Gasteiger partial charge in [-0.25, -0.2) is 0 Å².